The Hall–Kier alpha value is -1.26. The van der Waals surface area contributed by atoms with E-state index >= 15 is 0 Å². The summed E-state index contributed by atoms with van der Waals surface area (Å²) >= 11 is 0. The van der Waals surface area contributed by atoms with Crippen molar-refractivity contribution in [3.05, 3.63) is 0 Å². The molecule has 2 aliphatic rings. The maximum Gasteiger partial charge on any atom is 0.323 e. The van der Waals surface area contributed by atoms with Crippen molar-refractivity contribution in [1.82, 2.24) is 9.80 Å². The minimum Gasteiger partial charge on any atom is -0.480 e. The molecule has 0 atom stereocenters. The van der Waals surface area contributed by atoms with Crippen LogP contribution in [-0.2, 0) is 4.79 Å². The lowest BCUT2D eigenvalue weighted by Gasteiger charge is -2.26. The number of carbonyl (C=O) groups excluding carboxylic acids is 1. The van der Waals surface area contributed by atoms with Crippen molar-refractivity contribution < 1.29 is 14.7 Å². The highest BCUT2D eigenvalue weighted by molar-refractivity contribution is 5.80. The zero-order valence-electron chi connectivity index (χ0n) is 9.39. The van der Waals surface area contributed by atoms with Crippen molar-refractivity contribution in [2.24, 2.45) is 5.92 Å². The second kappa shape index (κ2) is 4.72. The van der Waals surface area contributed by atoms with Crippen molar-refractivity contribution in [1.29, 1.82) is 0 Å². The molecule has 0 aromatic heterocycles. The molecule has 1 aliphatic carbocycles. The fourth-order valence-corrected chi connectivity index (χ4v) is 2.09. The Morgan fingerprint density at radius 2 is 1.88 bits per heavy atom. The molecule has 2 rings (SSSR count). The molecule has 1 N–H and O–H groups in total. The Bertz CT molecular complexity index is 289. The zero-order chi connectivity index (χ0) is 11.5. The van der Waals surface area contributed by atoms with Crippen LogP contribution >= 0.6 is 0 Å². The van der Waals surface area contributed by atoms with Crippen LogP contribution in [-0.4, -0.2) is 53.1 Å². The van der Waals surface area contributed by atoms with Gasteiger partial charge in [0, 0.05) is 19.6 Å². The van der Waals surface area contributed by atoms with Gasteiger partial charge in [-0.2, -0.15) is 0 Å². The number of nitrogens with zero attached hydrogens (tertiary/aromatic N) is 2. The summed E-state index contributed by atoms with van der Waals surface area (Å²) in [6.45, 7) is 2.01. The first-order valence-electron chi connectivity index (χ1n) is 5.92. The van der Waals surface area contributed by atoms with Gasteiger partial charge in [0.25, 0.3) is 0 Å². The maximum absolute atomic E-state index is 12.0. The molecule has 0 aromatic rings. The Labute approximate surface area is 95.0 Å². The maximum atomic E-state index is 12.0. The van der Waals surface area contributed by atoms with Gasteiger partial charge in [-0.15, -0.1) is 0 Å². The SMILES string of the molecule is O=C(O)CN1CCCCN(CC2CC2)C1=O. The molecule has 1 heterocycles. The molecule has 2 amide bonds. The van der Waals surface area contributed by atoms with Crippen molar-refractivity contribution in [3.63, 3.8) is 0 Å². The van der Waals surface area contributed by atoms with Crippen LogP contribution in [0.5, 0.6) is 0 Å². The molecule has 5 heteroatoms. The molecule has 16 heavy (non-hydrogen) atoms. The molecule has 0 radical (unpaired) electrons. The van der Waals surface area contributed by atoms with Crippen LogP contribution in [0.4, 0.5) is 4.79 Å². The van der Waals surface area contributed by atoms with E-state index in [0.717, 1.165) is 25.9 Å². The average Bonchev–Trinajstić information content (AvgIpc) is 3.02. The Balaban J connectivity index is 1.95. The van der Waals surface area contributed by atoms with E-state index in [9.17, 15) is 9.59 Å². The van der Waals surface area contributed by atoms with Crippen LogP contribution in [0, 0.1) is 5.92 Å². The minimum absolute atomic E-state index is 0.0909. The van der Waals surface area contributed by atoms with E-state index in [1.165, 1.54) is 17.7 Å². The van der Waals surface area contributed by atoms with E-state index < -0.39 is 5.97 Å². The van der Waals surface area contributed by atoms with Gasteiger partial charge >= 0.3 is 12.0 Å². The van der Waals surface area contributed by atoms with E-state index in [-0.39, 0.29) is 12.6 Å². The van der Waals surface area contributed by atoms with E-state index in [4.69, 9.17) is 5.11 Å². The average molecular weight is 226 g/mol. The van der Waals surface area contributed by atoms with Crippen molar-refractivity contribution in [2.75, 3.05) is 26.2 Å². The van der Waals surface area contributed by atoms with Crippen LogP contribution in [0.15, 0.2) is 0 Å². The van der Waals surface area contributed by atoms with Gasteiger partial charge < -0.3 is 14.9 Å². The van der Waals surface area contributed by atoms with Crippen molar-refractivity contribution in [2.45, 2.75) is 25.7 Å². The first kappa shape index (κ1) is 11.2. The third kappa shape index (κ3) is 2.87. The van der Waals surface area contributed by atoms with Crippen LogP contribution in [0.1, 0.15) is 25.7 Å². The van der Waals surface area contributed by atoms with Gasteiger partial charge in [0.15, 0.2) is 0 Å². The monoisotopic (exact) mass is 226 g/mol. The largest absolute Gasteiger partial charge is 0.480 e. The molecule has 5 nitrogen and oxygen atoms in total. The summed E-state index contributed by atoms with van der Waals surface area (Å²) in [6.07, 6.45) is 4.31. The molecule has 0 aromatic carbocycles. The summed E-state index contributed by atoms with van der Waals surface area (Å²) < 4.78 is 0. The van der Waals surface area contributed by atoms with Gasteiger partial charge in [-0.25, -0.2) is 4.79 Å². The topological polar surface area (TPSA) is 60.9 Å². The Kier molecular flexibility index (Phi) is 3.31. The first-order valence-corrected chi connectivity index (χ1v) is 5.92. The number of carbonyl (C=O) groups is 2. The van der Waals surface area contributed by atoms with E-state index in [0.29, 0.717) is 12.5 Å². The number of carboxylic acid groups (broad SMARTS) is 1. The lowest BCUT2D eigenvalue weighted by atomic mass is 10.3. The third-order valence-electron chi connectivity index (χ3n) is 3.15. The lowest BCUT2D eigenvalue weighted by molar-refractivity contribution is -0.137. The van der Waals surface area contributed by atoms with Gasteiger partial charge in [0.2, 0.25) is 0 Å². The number of amides is 2. The number of rotatable bonds is 4. The quantitative estimate of drug-likeness (QED) is 0.778. The van der Waals surface area contributed by atoms with Gasteiger partial charge in [0.05, 0.1) is 0 Å². The highest BCUT2D eigenvalue weighted by atomic mass is 16.4. The Morgan fingerprint density at radius 1 is 1.25 bits per heavy atom. The van der Waals surface area contributed by atoms with Gasteiger partial charge in [0.1, 0.15) is 6.54 Å². The normalized spacial score (nSPS) is 22.1. The minimum atomic E-state index is -0.929. The predicted molar refractivity (Wildman–Crippen MR) is 58.1 cm³/mol. The summed E-state index contributed by atoms with van der Waals surface area (Å²) in [5.74, 6) is -0.268. The lowest BCUT2D eigenvalue weighted by Crippen LogP contribution is -2.44. The highest BCUT2D eigenvalue weighted by Crippen LogP contribution is 2.30. The molecule has 0 spiro atoms. The fraction of sp³-hybridized carbons (Fsp3) is 0.818. The second-order valence-electron chi connectivity index (χ2n) is 4.69. The summed E-state index contributed by atoms with van der Waals surface area (Å²) in [4.78, 5) is 26.0. The van der Waals surface area contributed by atoms with E-state index in [2.05, 4.69) is 0 Å². The fourth-order valence-electron chi connectivity index (χ4n) is 2.09. The van der Waals surface area contributed by atoms with Crippen molar-refractivity contribution in [3.8, 4) is 0 Å². The molecule has 90 valence electrons. The van der Waals surface area contributed by atoms with E-state index in [1.807, 2.05) is 4.90 Å². The van der Waals surface area contributed by atoms with Crippen LogP contribution in [0.3, 0.4) is 0 Å². The smallest absolute Gasteiger partial charge is 0.323 e. The molecule has 0 bridgehead atoms. The molecule has 1 aliphatic heterocycles. The predicted octanol–water partition coefficient (Wildman–Crippen LogP) is 0.999. The first-order chi connectivity index (χ1) is 7.66. The summed E-state index contributed by atoms with van der Waals surface area (Å²) in [6, 6.07) is -0.0909. The standard InChI is InChI=1S/C11H18N2O3/c14-10(15)8-13-6-2-1-5-12(11(13)16)7-9-3-4-9/h9H,1-8H2,(H,14,15). The molecule has 0 unspecified atom stereocenters. The number of hydrogen-bond donors (Lipinski definition) is 1. The molecular weight excluding hydrogens is 208 g/mol. The molecular formula is C11H18N2O3. The van der Waals surface area contributed by atoms with Crippen LogP contribution in [0.25, 0.3) is 0 Å². The number of urea groups is 1. The van der Waals surface area contributed by atoms with E-state index in [1.54, 1.807) is 0 Å². The number of carboxylic acids is 1. The van der Waals surface area contributed by atoms with Gasteiger partial charge in [-0.1, -0.05) is 0 Å². The second-order valence-corrected chi connectivity index (χ2v) is 4.69. The van der Waals surface area contributed by atoms with Crippen LogP contribution in [0.2, 0.25) is 0 Å². The van der Waals surface area contributed by atoms with Gasteiger partial charge in [-0.05, 0) is 31.6 Å². The van der Waals surface area contributed by atoms with Crippen LogP contribution < -0.4 is 0 Å². The highest BCUT2D eigenvalue weighted by Gasteiger charge is 2.30. The summed E-state index contributed by atoms with van der Waals surface area (Å²) in [5.41, 5.74) is 0. The summed E-state index contributed by atoms with van der Waals surface area (Å²) in [7, 11) is 0. The Morgan fingerprint density at radius 3 is 2.44 bits per heavy atom. The molecule has 1 saturated heterocycles. The number of hydrogen-bond acceptors (Lipinski definition) is 2. The zero-order valence-corrected chi connectivity index (χ0v) is 9.39. The van der Waals surface area contributed by atoms with Gasteiger partial charge in [-0.3, -0.25) is 4.79 Å². The van der Waals surface area contributed by atoms with Crippen molar-refractivity contribution >= 4 is 12.0 Å². The summed E-state index contributed by atoms with van der Waals surface area (Å²) in [5, 5.41) is 8.74. The molecule has 1 saturated carbocycles. The third-order valence-corrected chi connectivity index (χ3v) is 3.15. The number of aliphatic carboxylic acids is 1. The molecule has 2 fully saturated rings.